The van der Waals surface area contributed by atoms with Crippen molar-refractivity contribution in [1.29, 1.82) is 0 Å². The zero-order valence-electron chi connectivity index (χ0n) is 5.09. The third-order valence-corrected chi connectivity index (χ3v) is 1.39. The molecule has 0 aromatic heterocycles. The smallest absolute Gasteiger partial charge is 0 e. The molecular formula is C5H11N2V-. The zero-order valence-corrected chi connectivity index (χ0v) is 6.49. The van der Waals surface area contributed by atoms with Crippen LogP contribution in [0.25, 0.3) is 5.73 Å². The minimum Gasteiger partial charge on any atom is -0.674 e. The maximum atomic E-state index is 7.22. The molecule has 47 valence electrons. The summed E-state index contributed by atoms with van der Waals surface area (Å²) >= 11 is 0. The van der Waals surface area contributed by atoms with Crippen LogP contribution in [0.2, 0.25) is 0 Å². The van der Waals surface area contributed by atoms with Gasteiger partial charge in [-0.15, -0.1) is 6.04 Å². The Bertz CT molecular complexity index is 59.4. The SMILES string of the molecule is CN1CCC([NH-])C1.[V]. The molecule has 1 rings (SSSR count). The number of nitrogens with one attached hydrogen (secondary N) is 1. The molecule has 1 heterocycles. The summed E-state index contributed by atoms with van der Waals surface area (Å²) in [6, 6.07) is 0.199. The fourth-order valence-electron chi connectivity index (χ4n) is 0.935. The standard InChI is InChI=1S/C5H11N2.V/c1-7-3-2-5(6)4-7;/h5-6H,2-4H2,1H3;/q-1;. The van der Waals surface area contributed by atoms with Gasteiger partial charge in [-0.1, -0.05) is 6.42 Å². The van der Waals surface area contributed by atoms with Gasteiger partial charge in [-0.2, -0.15) is 0 Å². The number of hydrogen-bond donors (Lipinski definition) is 0. The van der Waals surface area contributed by atoms with Gasteiger partial charge in [0.25, 0.3) is 0 Å². The van der Waals surface area contributed by atoms with E-state index in [0.717, 1.165) is 19.5 Å². The van der Waals surface area contributed by atoms with Gasteiger partial charge in [0.15, 0.2) is 0 Å². The van der Waals surface area contributed by atoms with Crippen LogP contribution in [0.3, 0.4) is 0 Å². The summed E-state index contributed by atoms with van der Waals surface area (Å²) in [6.07, 6.45) is 1.07. The second-order valence-corrected chi connectivity index (χ2v) is 2.25. The van der Waals surface area contributed by atoms with Gasteiger partial charge >= 0.3 is 0 Å². The van der Waals surface area contributed by atoms with E-state index < -0.39 is 0 Å². The van der Waals surface area contributed by atoms with Gasteiger partial charge in [-0.05, 0) is 20.1 Å². The van der Waals surface area contributed by atoms with Crippen LogP contribution < -0.4 is 0 Å². The third-order valence-electron chi connectivity index (χ3n) is 1.39. The Balaban J connectivity index is 0.000000490. The topological polar surface area (TPSA) is 27.0 Å². The molecule has 1 aliphatic heterocycles. The minimum atomic E-state index is 0. The maximum absolute atomic E-state index is 7.22. The summed E-state index contributed by atoms with van der Waals surface area (Å²) in [6.45, 7) is 2.09. The van der Waals surface area contributed by atoms with E-state index in [2.05, 4.69) is 11.9 Å². The van der Waals surface area contributed by atoms with E-state index in [9.17, 15) is 0 Å². The molecule has 0 saturated carbocycles. The number of rotatable bonds is 0. The first-order chi connectivity index (χ1) is 3.29. The molecular weight excluding hydrogens is 139 g/mol. The summed E-state index contributed by atoms with van der Waals surface area (Å²) in [7, 11) is 2.06. The molecule has 0 aromatic rings. The Kier molecular flexibility index (Phi) is 3.74. The number of likely N-dealkylation sites (tertiary alicyclic amines) is 1. The van der Waals surface area contributed by atoms with Crippen LogP contribution in [0, 0.1) is 0 Å². The molecule has 1 N–H and O–H groups in total. The summed E-state index contributed by atoms with van der Waals surface area (Å²) in [4.78, 5) is 2.19. The van der Waals surface area contributed by atoms with Gasteiger partial charge in [0.2, 0.25) is 0 Å². The first kappa shape index (κ1) is 8.50. The van der Waals surface area contributed by atoms with Crippen LogP contribution in [0.15, 0.2) is 0 Å². The van der Waals surface area contributed by atoms with Gasteiger partial charge in [0.1, 0.15) is 0 Å². The maximum Gasteiger partial charge on any atom is 0 e. The first-order valence-electron chi connectivity index (χ1n) is 2.68. The van der Waals surface area contributed by atoms with Crippen molar-refractivity contribution in [3.05, 3.63) is 5.73 Å². The van der Waals surface area contributed by atoms with Crippen molar-refractivity contribution in [3.8, 4) is 0 Å². The average Bonchev–Trinajstić information content (AvgIpc) is 1.87. The fraction of sp³-hybridized carbons (Fsp3) is 1.00. The molecule has 0 aromatic carbocycles. The van der Waals surface area contributed by atoms with E-state index in [1.165, 1.54) is 0 Å². The Morgan fingerprint density at radius 2 is 2.25 bits per heavy atom. The molecule has 1 radical (unpaired) electrons. The van der Waals surface area contributed by atoms with Crippen LogP contribution in [-0.4, -0.2) is 31.1 Å². The summed E-state index contributed by atoms with van der Waals surface area (Å²) in [5.74, 6) is 0. The van der Waals surface area contributed by atoms with Crippen LogP contribution in [-0.2, 0) is 18.6 Å². The Morgan fingerprint density at radius 3 is 2.38 bits per heavy atom. The molecule has 0 aliphatic carbocycles. The average molecular weight is 150 g/mol. The van der Waals surface area contributed by atoms with Crippen molar-refractivity contribution < 1.29 is 18.6 Å². The van der Waals surface area contributed by atoms with Crippen molar-refractivity contribution in [1.82, 2.24) is 4.90 Å². The molecule has 1 atom stereocenters. The Hall–Kier alpha value is 0.504. The molecule has 0 bridgehead atoms. The molecule has 2 nitrogen and oxygen atoms in total. The van der Waals surface area contributed by atoms with Crippen molar-refractivity contribution in [3.63, 3.8) is 0 Å². The normalized spacial score (nSPS) is 30.0. The zero-order chi connectivity index (χ0) is 5.28. The summed E-state index contributed by atoms with van der Waals surface area (Å²) in [5.41, 5.74) is 7.22. The van der Waals surface area contributed by atoms with E-state index >= 15 is 0 Å². The predicted molar refractivity (Wildman–Crippen MR) is 30.2 cm³/mol. The van der Waals surface area contributed by atoms with Crippen molar-refractivity contribution in [2.24, 2.45) is 0 Å². The second kappa shape index (κ2) is 3.51. The summed E-state index contributed by atoms with van der Waals surface area (Å²) < 4.78 is 0. The van der Waals surface area contributed by atoms with Gasteiger partial charge in [0.05, 0.1) is 0 Å². The van der Waals surface area contributed by atoms with Crippen molar-refractivity contribution in [2.45, 2.75) is 12.5 Å². The molecule has 1 fully saturated rings. The Morgan fingerprint density at radius 1 is 1.62 bits per heavy atom. The van der Waals surface area contributed by atoms with E-state index in [1.807, 2.05) is 0 Å². The number of hydrogen-bond acceptors (Lipinski definition) is 1. The van der Waals surface area contributed by atoms with E-state index in [1.54, 1.807) is 0 Å². The van der Waals surface area contributed by atoms with Gasteiger partial charge < -0.3 is 10.6 Å². The van der Waals surface area contributed by atoms with Crippen LogP contribution in [0.4, 0.5) is 0 Å². The minimum absolute atomic E-state index is 0. The van der Waals surface area contributed by atoms with E-state index in [4.69, 9.17) is 5.73 Å². The van der Waals surface area contributed by atoms with Gasteiger partial charge in [-0.25, -0.2) is 0 Å². The molecule has 1 unspecified atom stereocenters. The monoisotopic (exact) mass is 150 g/mol. The molecule has 0 spiro atoms. The summed E-state index contributed by atoms with van der Waals surface area (Å²) in [5, 5.41) is 0. The fourth-order valence-corrected chi connectivity index (χ4v) is 0.935. The Labute approximate surface area is 62.3 Å². The second-order valence-electron chi connectivity index (χ2n) is 2.25. The molecule has 0 amide bonds. The largest absolute Gasteiger partial charge is 0.674 e. The predicted octanol–water partition coefficient (Wildman–Crippen LogP) is 0.740. The quantitative estimate of drug-likeness (QED) is 0.500. The van der Waals surface area contributed by atoms with Crippen LogP contribution in [0.5, 0.6) is 0 Å². The van der Waals surface area contributed by atoms with Crippen LogP contribution in [0.1, 0.15) is 6.42 Å². The van der Waals surface area contributed by atoms with Gasteiger partial charge in [-0.3, -0.25) is 0 Å². The van der Waals surface area contributed by atoms with E-state index in [-0.39, 0.29) is 24.6 Å². The third kappa shape index (κ3) is 2.18. The molecule has 3 heteroatoms. The first-order valence-corrected chi connectivity index (χ1v) is 2.68. The van der Waals surface area contributed by atoms with Gasteiger partial charge in [0, 0.05) is 18.6 Å². The molecule has 1 aliphatic rings. The van der Waals surface area contributed by atoms with Crippen LogP contribution >= 0.6 is 0 Å². The number of nitrogens with zero attached hydrogens (tertiary/aromatic N) is 1. The van der Waals surface area contributed by atoms with Crippen molar-refractivity contribution >= 4 is 0 Å². The van der Waals surface area contributed by atoms with Crippen molar-refractivity contribution in [2.75, 3.05) is 20.1 Å². The van der Waals surface area contributed by atoms with E-state index in [0.29, 0.717) is 0 Å². The molecule has 1 saturated heterocycles. The number of likely N-dealkylation sites (N-methyl/N-ethyl adjacent to an activating group) is 1. The molecule has 8 heavy (non-hydrogen) atoms.